The van der Waals surface area contributed by atoms with Crippen LogP contribution in [-0.2, 0) is 0 Å². The average Bonchev–Trinajstić information content (AvgIpc) is 1.82. The molecule has 0 saturated heterocycles. The summed E-state index contributed by atoms with van der Waals surface area (Å²) in [6.07, 6.45) is 3.87. The van der Waals surface area contributed by atoms with Crippen molar-refractivity contribution in [3.8, 4) is 0 Å². The van der Waals surface area contributed by atoms with E-state index in [2.05, 4.69) is 27.7 Å². The van der Waals surface area contributed by atoms with Crippen LogP contribution in [0.1, 0.15) is 47.0 Å². The van der Waals surface area contributed by atoms with E-state index in [4.69, 9.17) is 0 Å². The van der Waals surface area contributed by atoms with Gasteiger partial charge in [0, 0.05) is 0 Å². The van der Waals surface area contributed by atoms with Gasteiger partial charge in [0.05, 0.1) is 0 Å². The number of hydrogen-bond donors (Lipinski definition) is 0. The van der Waals surface area contributed by atoms with Crippen LogP contribution in [0.4, 0.5) is 0 Å². The second-order valence-corrected chi connectivity index (χ2v) is 3.06. The lowest BCUT2D eigenvalue weighted by molar-refractivity contribution is 0.556. The van der Waals surface area contributed by atoms with Crippen LogP contribution in [0, 0.1) is 11.8 Å². The molecule has 55 valence electrons. The van der Waals surface area contributed by atoms with Gasteiger partial charge in [0.25, 0.3) is 0 Å². The summed E-state index contributed by atoms with van der Waals surface area (Å²) in [4.78, 5) is 0. The predicted molar refractivity (Wildman–Crippen MR) is 43.3 cm³/mol. The minimum Gasteiger partial charge on any atom is -0.0648 e. The van der Waals surface area contributed by atoms with Gasteiger partial charge in [-0.25, -0.2) is 0 Å². The Balaban J connectivity index is 3.31. The Kier molecular flexibility index (Phi) is 4.84. The Morgan fingerprint density at radius 1 is 1.11 bits per heavy atom. The quantitative estimate of drug-likeness (QED) is 0.542. The van der Waals surface area contributed by atoms with Gasteiger partial charge in [-0.3, -0.25) is 0 Å². The van der Waals surface area contributed by atoms with Crippen LogP contribution in [-0.4, -0.2) is 0 Å². The van der Waals surface area contributed by atoms with Crippen molar-refractivity contribution in [2.24, 2.45) is 5.92 Å². The molecule has 0 fully saturated rings. The first-order valence-corrected chi connectivity index (χ1v) is 4.04. The lowest BCUT2D eigenvalue weighted by Gasteiger charge is -2.13. The molecule has 0 aliphatic heterocycles. The summed E-state index contributed by atoms with van der Waals surface area (Å²) in [6.45, 7) is 9.07. The third-order valence-corrected chi connectivity index (χ3v) is 1.70. The molecule has 9 heavy (non-hydrogen) atoms. The van der Waals surface area contributed by atoms with E-state index < -0.39 is 0 Å². The van der Waals surface area contributed by atoms with Crippen molar-refractivity contribution in [3.63, 3.8) is 0 Å². The molecule has 1 radical (unpaired) electrons. The highest BCUT2D eigenvalue weighted by Crippen LogP contribution is 2.19. The molecule has 0 saturated carbocycles. The van der Waals surface area contributed by atoms with Gasteiger partial charge in [-0.2, -0.15) is 0 Å². The van der Waals surface area contributed by atoms with Gasteiger partial charge < -0.3 is 0 Å². The lowest BCUT2D eigenvalue weighted by Crippen LogP contribution is -1.98. The Bertz CT molecular complexity index is 51.1. The monoisotopic (exact) mass is 127 g/mol. The molecule has 0 bridgehead atoms. The van der Waals surface area contributed by atoms with Crippen LogP contribution in [0.2, 0.25) is 0 Å². The van der Waals surface area contributed by atoms with Crippen molar-refractivity contribution in [2.45, 2.75) is 47.0 Å². The molecule has 0 nitrogen and oxygen atoms in total. The molecule has 0 aromatic rings. The van der Waals surface area contributed by atoms with E-state index in [-0.39, 0.29) is 0 Å². The molecule has 0 heterocycles. The molecule has 0 heteroatoms. The van der Waals surface area contributed by atoms with Crippen LogP contribution in [0.3, 0.4) is 0 Å². The minimum atomic E-state index is 0.847. The second kappa shape index (κ2) is 4.84. The Labute approximate surface area is 59.7 Å². The van der Waals surface area contributed by atoms with E-state index >= 15 is 0 Å². The molecular weight excluding hydrogens is 108 g/mol. The van der Waals surface area contributed by atoms with Crippen molar-refractivity contribution in [1.29, 1.82) is 0 Å². The topological polar surface area (TPSA) is 0 Å². The second-order valence-electron chi connectivity index (χ2n) is 3.06. The minimum absolute atomic E-state index is 0.847. The van der Waals surface area contributed by atoms with Crippen molar-refractivity contribution in [3.05, 3.63) is 5.92 Å². The highest BCUT2D eigenvalue weighted by molar-refractivity contribution is 4.86. The number of rotatable bonds is 4. The zero-order valence-corrected chi connectivity index (χ0v) is 7.20. The highest BCUT2D eigenvalue weighted by atomic mass is 14.1. The molecular formula is C9H19. The molecule has 0 amide bonds. The maximum Gasteiger partial charge on any atom is -0.0244 e. The van der Waals surface area contributed by atoms with Crippen molar-refractivity contribution in [1.82, 2.24) is 0 Å². The van der Waals surface area contributed by atoms with E-state index in [9.17, 15) is 0 Å². The van der Waals surface area contributed by atoms with Crippen molar-refractivity contribution < 1.29 is 0 Å². The molecule has 0 unspecified atom stereocenters. The van der Waals surface area contributed by atoms with E-state index in [1.807, 2.05) is 0 Å². The lowest BCUT2D eigenvalue weighted by atomic mass is 9.93. The molecule has 0 atom stereocenters. The summed E-state index contributed by atoms with van der Waals surface area (Å²) < 4.78 is 0. The molecule has 0 aliphatic carbocycles. The summed E-state index contributed by atoms with van der Waals surface area (Å²) >= 11 is 0. The van der Waals surface area contributed by atoms with Crippen LogP contribution in [0.25, 0.3) is 0 Å². The van der Waals surface area contributed by atoms with Gasteiger partial charge in [0.2, 0.25) is 0 Å². The molecule has 0 N–H and O–H groups in total. The fourth-order valence-electron chi connectivity index (χ4n) is 1.12. The van der Waals surface area contributed by atoms with E-state index in [0.717, 1.165) is 5.92 Å². The molecule has 0 spiro atoms. The van der Waals surface area contributed by atoms with Crippen LogP contribution < -0.4 is 0 Å². The smallest absolute Gasteiger partial charge is 0.0244 e. The summed E-state index contributed by atoms with van der Waals surface area (Å²) in [5.41, 5.74) is 0. The van der Waals surface area contributed by atoms with E-state index in [1.165, 1.54) is 19.3 Å². The van der Waals surface area contributed by atoms with Crippen molar-refractivity contribution >= 4 is 0 Å². The van der Waals surface area contributed by atoms with Gasteiger partial charge in [-0.15, -0.1) is 0 Å². The van der Waals surface area contributed by atoms with Crippen LogP contribution >= 0.6 is 0 Å². The average molecular weight is 127 g/mol. The summed E-state index contributed by atoms with van der Waals surface area (Å²) in [6, 6.07) is 0. The third kappa shape index (κ3) is 4.50. The van der Waals surface area contributed by atoms with Gasteiger partial charge in [0.1, 0.15) is 0 Å². The fraction of sp³-hybridized carbons (Fsp3) is 0.889. The summed E-state index contributed by atoms with van der Waals surface area (Å²) in [5.74, 6) is 2.56. The highest BCUT2D eigenvalue weighted by Gasteiger charge is 2.05. The maximum atomic E-state index is 2.28. The molecule has 0 rings (SSSR count). The maximum absolute atomic E-state index is 2.28. The zero-order valence-electron chi connectivity index (χ0n) is 7.20. The van der Waals surface area contributed by atoms with Crippen LogP contribution in [0.15, 0.2) is 0 Å². The fourth-order valence-corrected chi connectivity index (χ4v) is 1.12. The first kappa shape index (κ1) is 9.00. The Morgan fingerprint density at radius 2 is 1.56 bits per heavy atom. The largest absolute Gasteiger partial charge is 0.0648 e. The van der Waals surface area contributed by atoms with Crippen LogP contribution in [0.5, 0.6) is 0 Å². The normalized spacial score (nSPS) is 11.3. The van der Waals surface area contributed by atoms with Gasteiger partial charge >= 0.3 is 0 Å². The first-order valence-electron chi connectivity index (χ1n) is 4.04. The van der Waals surface area contributed by atoms with Crippen molar-refractivity contribution in [2.75, 3.05) is 0 Å². The third-order valence-electron chi connectivity index (χ3n) is 1.70. The van der Waals surface area contributed by atoms with E-state index in [1.54, 1.807) is 5.92 Å². The summed E-state index contributed by atoms with van der Waals surface area (Å²) in [5, 5.41) is 0. The zero-order chi connectivity index (χ0) is 7.28. The SMILES string of the molecule is CC[C](CC)CC(C)C. The van der Waals surface area contributed by atoms with Gasteiger partial charge in [-0.1, -0.05) is 27.7 Å². The Hall–Kier alpha value is 0. The predicted octanol–water partition coefficient (Wildman–Crippen LogP) is 3.43. The Morgan fingerprint density at radius 3 is 1.67 bits per heavy atom. The van der Waals surface area contributed by atoms with Gasteiger partial charge in [-0.05, 0) is 31.1 Å². The molecule has 0 aromatic heterocycles. The number of hydrogen-bond acceptors (Lipinski definition) is 0. The molecule has 0 aliphatic rings. The first-order chi connectivity index (χ1) is 4.20. The van der Waals surface area contributed by atoms with Gasteiger partial charge in [0.15, 0.2) is 0 Å². The summed E-state index contributed by atoms with van der Waals surface area (Å²) in [7, 11) is 0. The standard InChI is InChI=1S/C9H19/c1-5-9(6-2)7-8(3)4/h8H,5-7H2,1-4H3. The molecule has 0 aromatic carbocycles. The van der Waals surface area contributed by atoms with E-state index in [0.29, 0.717) is 0 Å².